The SMILES string of the molecule is Cc1nnc(SCC(=O)N[C@@]2(C)CCS(=O)(=O)C2)o1. The zero-order valence-electron chi connectivity index (χ0n) is 10.7. The Bertz CT molecular complexity index is 583. The fraction of sp³-hybridized carbons (Fsp3) is 0.700. The molecule has 0 radical (unpaired) electrons. The van der Waals surface area contributed by atoms with Crippen molar-refractivity contribution >= 4 is 27.5 Å². The molecule has 1 aliphatic rings. The van der Waals surface area contributed by atoms with Crippen LogP contribution in [0.2, 0.25) is 0 Å². The molecular weight excluding hydrogens is 290 g/mol. The van der Waals surface area contributed by atoms with E-state index in [0.717, 1.165) is 11.8 Å². The molecule has 0 saturated carbocycles. The van der Waals surface area contributed by atoms with Gasteiger partial charge in [0.15, 0.2) is 9.84 Å². The lowest BCUT2D eigenvalue weighted by Crippen LogP contribution is -2.47. The summed E-state index contributed by atoms with van der Waals surface area (Å²) in [6.45, 7) is 3.42. The van der Waals surface area contributed by atoms with E-state index in [1.54, 1.807) is 13.8 Å². The van der Waals surface area contributed by atoms with E-state index in [4.69, 9.17) is 4.42 Å². The molecule has 1 N–H and O–H groups in total. The molecule has 0 bridgehead atoms. The number of amides is 1. The highest BCUT2D eigenvalue weighted by Crippen LogP contribution is 2.23. The quantitative estimate of drug-likeness (QED) is 0.791. The number of aromatic nitrogens is 2. The number of hydrogen-bond donors (Lipinski definition) is 1. The molecule has 1 amide bonds. The molecule has 1 aromatic heterocycles. The van der Waals surface area contributed by atoms with Crippen molar-refractivity contribution in [2.75, 3.05) is 17.3 Å². The van der Waals surface area contributed by atoms with Crippen molar-refractivity contribution in [3.63, 3.8) is 0 Å². The molecule has 1 fully saturated rings. The molecule has 2 rings (SSSR count). The minimum atomic E-state index is -3.03. The van der Waals surface area contributed by atoms with Crippen LogP contribution in [0.4, 0.5) is 0 Å². The van der Waals surface area contributed by atoms with Gasteiger partial charge in [0.1, 0.15) is 0 Å². The molecule has 0 aliphatic carbocycles. The number of thioether (sulfide) groups is 1. The van der Waals surface area contributed by atoms with E-state index in [1.807, 2.05) is 0 Å². The molecule has 106 valence electrons. The number of rotatable bonds is 4. The Morgan fingerprint density at radius 3 is 2.79 bits per heavy atom. The third-order valence-electron chi connectivity index (χ3n) is 2.78. The Kier molecular flexibility index (Phi) is 3.86. The highest BCUT2D eigenvalue weighted by Gasteiger charge is 2.39. The summed E-state index contributed by atoms with van der Waals surface area (Å²) in [4.78, 5) is 11.8. The number of hydrogen-bond acceptors (Lipinski definition) is 7. The summed E-state index contributed by atoms with van der Waals surface area (Å²) in [7, 11) is -3.03. The third kappa shape index (κ3) is 3.93. The lowest BCUT2D eigenvalue weighted by molar-refractivity contribution is -0.120. The highest BCUT2D eigenvalue weighted by atomic mass is 32.2. The molecule has 1 aliphatic heterocycles. The zero-order valence-corrected chi connectivity index (χ0v) is 12.3. The van der Waals surface area contributed by atoms with Crippen molar-refractivity contribution in [3.05, 3.63) is 5.89 Å². The van der Waals surface area contributed by atoms with Crippen LogP contribution in [-0.2, 0) is 14.6 Å². The maximum absolute atomic E-state index is 11.8. The molecule has 2 heterocycles. The van der Waals surface area contributed by atoms with Crippen LogP contribution in [0.15, 0.2) is 9.64 Å². The van der Waals surface area contributed by atoms with Crippen LogP contribution >= 0.6 is 11.8 Å². The second-order valence-corrected chi connectivity index (χ2v) is 7.94. The van der Waals surface area contributed by atoms with Gasteiger partial charge in [0.25, 0.3) is 5.22 Å². The van der Waals surface area contributed by atoms with E-state index in [9.17, 15) is 13.2 Å². The van der Waals surface area contributed by atoms with E-state index < -0.39 is 15.4 Å². The van der Waals surface area contributed by atoms with E-state index in [2.05, 4.69) is 15.5 Å². The van der Waals surface area contributed by atoms with Gasteiger partial charge in [-0.3, -0.25) is 4.79 Å². The van der Waals surface area contributed by atoms with E-state index in [0.29, 0.717) is 17.5 Å². The smallest absolute Gasteiger partial charge is 0.277 e. The van der Waals surface area contributed by atoms with Crippen LogP contribution < -0.4 is 5.32 Å². The minimum absolute atomic E-state index is 0.00390. The fourth-order valence-electron chi connectivity index (χ4n) is 1.95. The average molecular weight is 305 g/mol. The lowest BCUT2D eigenvalue weighted by atomic mass is 10.0. The number of nitrogens with one attached hydrogen (secondary N) is 1. The number of nitrogens with zero attached hydrogens (tertiary/aromatic N) is 2. The largest absolute Gasteiger partial charge is 0.416 e. The fourth-order valence-corrected chi connectivity index (χ4v) is 4.64. The van der Waals surface area contributed by atoms with Gasteiger partial charge >= 0.3 is 0 Å². The van der Waals surface area contributed by atoms with Gasteiger partial charge in [-0.2, -0.15) is 0 Å². The first-order chi connectivity index (χ1) is 8.78. The van der Waals surface area contributed by atoms with Crippen molar-refractivity contribution in [1.82, 2.24) is 15.5 Å². The van der Waals surface area contributed by atoms with Crippen LogP contribution in [0.25, 0.3) is 0 Å². The molecule has 19 heavy (non-hydrogen) atoms. The maximum atomic E-state index is 11.8. The Balaban J connectivity index is 1.85. The first kappa shape index (κ1) is 14.3. The van der Waals surface area contributed by atoms with Crippen LogP contribution in [0.1, 0.15) is 19.2 Å². The molecule has 9 heteroatoms. The maximum Gasteiger partial charge on any atom is 0.277 e. The van der Waals surface area contributed by atoms with Crippen molar-refractivity contribution in [2.24, 2.45) is 0 Å². The van der Waals surface area contributed by atoms with Crippen LogP contribution in [0.3, 0.4) is 0 Å². The van der Waals surface area contributed by atoms with Gasteiger partial charge in [-0.15, -0.1) is 10.2 Å². The predicted octanol–water partition coefficient (Wildman–Crippen LogP) is 0.164. The molecule has 0 aromatic carbocycles. The topological polar surface area (TPSA) is 102 Å². The van der Waals surface area contributed by atoms with Crippen molar-refractivity contribution < 1.29 is 17.6 Å². The zero-order chi connectivity index (χ0) is 14.1. The Labute approximate surface area is 115 Å². The number of aryl methyl sites for hydroxylation is 1. The van der Waals surface area contributed by atoms with Gasteiger partial charge in [0.05, 0.1) is 22.8 Å². The van der Waals surface area contributed by atoms with Crippen LogP contribution in [0.5, 0.6) is 0 Å². The van der Waals surface area contributed by atoms with Gasteiger partial charge in [0, 0.05) is 6.92 Å². The van der Waals surface area contributed by atoms with Gasteiger partial charge in [-0.1, -0.05) is 11.8 Å². The molecular formula is C10H15N3O4S2. The van der Waals surface area contributed by atoms with Crippen molar-refractivity contribution in [1.29, 1.82) is 0 Å². The molecule has 0 unspecified atom stereocenters. The third-order valence-corrected chi connectivity index (χ3v) is 5.50. The monoisotopic (exact) mass is 305 g/mol. The standard InChI is InChI=1S/C10H15N3O4S2/c1-7-12-13-9(17-7)18-5-8(14)11-10(2)3-4-19(15,16)6-10/h3-6H2,1-2H3,(H,11,14)/t10-/m0/s1. The molecule has 1 atom stereocenters. The first-order valence-electron chi connectivity index (χ1n) is 5.72. The van der Waals surface area contributed by atoms with E-state index >= 15 is 0 Å². The summed E-state index contributed by atoms with van der Waals surface area (Å²) in [6, 6.07) is 0. The van der Waals surface area contributed by atoms with Crippen LogP contribution in [0, 0.1) is 6.92 Å². The summed E-state index contributed by atoms with van der Waals surface area (Å²) >= 11 is 1.13. The second-order valence-electron chi connectivity index (χ2n) is 4.83. The number of carbonyl (C=O) groups is 1. The highest BCUT2D eigenvalue weighted by molar-refractivity contribution is 7.99. The summed E-state index contributed by atoms with van der Waals surface area (Å²) in [5.41, 5.74) is -0.665. The molecule has 1 saturated heterocycles. The van der Waals surface area contributed by atoms with Gasteiger partial charge in [0.2, 0.25) is 11.8 Å². The Morgan fingerprint density at radius 2 is 2.26 bits per heavy atom. The van der Waals surface area contributed by atoms with Crippen molar-refractivity contribution in [2.45, 2.75) is 31.0 Å². The number of sulfone groups is 1. The van der Waals surface area contributed by atoms with Gasteiger partial charge in [-0.05, 0) is 13.3 Å². The summed E-state index contributed by atoms with van der Waals surface area (Å²) in [5, 5.41) is 10.5. The second kappa shape index (κ2) is 5.12. The molecule has 7 nitrogen and oxygen atoms in total. The molecule has 1 aromatic rings. The van der Waals surface area contributed by atoms with E-state index in [-0.39, 0.29) is 23.2 Å². The van der Waals surface area contributed by atoms with Gasteiger partial charge in [-0.25, -0.2) is 8.42 Å². The Morgan fingerprint density at radius 1 is 1.53 bits per heavy atom. The summed E-state index contributed by atoms with van der Waals surface area (Å²) < 4.78 is 28.0. The Hall–Kier alpha value is -1.09. The predicted molar refractivity (Wildman–Crippen MR) is 69.6 cm³/mol. The minimum Gasteiger partial charge on any atom is -0.416 e. The number of carbonyl (C=O) groups excluding carboxylic acids is 1. The summed E-state index contributed by atoms with van der Waals surface area (Å²) in [5.74, 6) is 0.449. The van der Waals surface area contributed by atoms with E-state index in [1.165, 1.54) is 0 Å². The normalized spacial score (nSPS) is 25.4. The lowest BCUT2D eigenvalue weighted by Gasteiger charge is -2.23. The van der Waals surface area contributed by atoms with Gasteiger partial charge < -0.3 is 9.73 Å². The van der Waals surface area contributed by atoms with Crippen molar-refractivity contribution in [3.8, 4) is 0 Å². The average Bonchev–Trinajstić information content (AvgIpc) is 2.80. The van der Waals surface area contributed by atoms with Crippen LogP contribution in [-0.4, -0.2) is 47.3 Å². The first-order valence-corrected chi connectivity index (χ1v) is 8.53. The molecule has 0 spiro atoms. The summed E-state index contributed by atoms with van der Waals surface area (Å²) in [6.07, 6.45) is 0.450.